The number of carbonyl (C=O) groups is 2. The van der Waals surface area contributed by atoms with Crippen LogP contribution in [0.25, 0.3) is 6.08 Å². The fourth-order valence-electron chi connectivity index (χ4n) is 1.33. The minimum atomic E-state index is -0.235. The Balaban J connectivity index is 2.61. The first-order valence-electron chi connectivity index (χ1n) is 5.52. The molecule has 0 fully saturated rings. The van der Waals surface area contributed by atoms with Crippen LogP contribution in [0.1, 0.15) is 5.56 Å². The number of benzene rings is 1. The van der Waals surface area contributed by atoms with Crippen molar-refractivity contribution in [1.29, 1.82) is 0 Å². The standard InChI is InChI=1S/C13H17N3O2/c1-15-12(17)9-16(2)13(18)7-6-10-4-3-5-11(14)8-10/h3-8H,9,14H2,1-2H3,(H,15,17)/b7-6+. The zero-order chi connectivity index (χ0) is 13.5. The summed E-state index contributed by atoms with van der Waals surface area (Å²) in [5.74, 6) is -0.441. The lowest BCUT2D eigenvalue weighted by molar-refractivity contribution is -0.130. The van der Waals surface area contributed by atoms with E-state index in [4.69, 9.17) is 5.73 Å². The SMILES string of the molecule is CNC(=O)CN(C)C(=O)/C=C/c1cccc(N)c1. The molecular weight excluding hydrogens is 230 g/mol. The molecule has 3 N–H and O–H groups in total. The Morgan fingerprint density at radius 3 is 2.78 bits per heavy atom. The van der Waals surface area contributed by atoms with Crippen LogP contribution in [0.3, 0.4) is 0 Å². The molecule has 0 spiro atoms. The second-order valence-electron chi connectivity index (χ2n) is 3.87. The maximum atomic E-state index is 11.7. The van der Waals surface area contributed by atoms with Gasteiger partial charge < -0.3 is 16.0 Å². The number of nitrogens with zero attached hydrogens (tertiary/aromatic N) is 1. The van der Waals surface area contributed by atoms with E-state index in [0.29, 0.717) is 5.69 Å². The van der Waals surface area contributed by atoms with Crippen LogP contribution in [0.2, 0.25) is 0 Å². The molecule has 0 unspecified atom stereocenters. The molecule has 0 heterocycles. The van der Waals surface area contributed by atoms with Gasteiger partial charge in [0.1, 0.15) is 0 Å². The fourth-order valence-corrected chi connectivity index (χ4v) is 1.33. The molecule has 2 amide bonds. The average molecular weight is 247 g/mol. The number of rotatable bonds is 4. The van der Waals surface area contributed by atoms with Crippen molar-refractivity contribution in [3.63, 3.8) is 0 Å². The van der Waals surface area contributed by atoms with Gasteiger partial charge in [-0.3, -0.25) is 9.59 Å². The van der Waals surface area contributed by atoms with Gasteiger partial charge in [0.15, 0.2) is 0 Å². The van der Waals surface area contributed by atoms with Crippen molar-refractivity contribution in [1.82, 2.24) is 10.2 Å². The number of nitrogens with two attached hydrogens (primary N) is 1. The van der Waals surface area contributed by atoms with Gasteiger partial charge in [-0.15, -0.1) is 0 Å². The Morgan fingerprint density at radius 1 is 1.44 bits per heavy atom. The van der Waals surface area contributed by atoms with Gasteiger partial charge in [0.25, 0.3) is 0 Å². The molecule has 0 bridgehead atoms. The van der Waals surface area contributed by atoms with Crippen LogP contribution >= 0.6 is 0 Å². The molecule has 0 aliphatic carbocycles. The molecule has 0 atom stereocenters. The number of nitrogens with one attached hydrogen (secondary N) is 1. The van der Waals surface area contributed by atoms with Gasteiger partial charge in [-0.05, 0) is 23.8 Å². The molecule has 0 saturated heterocycles. The molecule has 5 nitrogen and oxygen atoms in total. The Bertz CT molecular complexity index is 469. The number of amides is 2. The average Bonchev–Trinajstić information content (AvgIpc) is 2.35. The van der Waals surface area contributed by atoms with Gasteiger partial charge in [0.05, 0.1) is 6.54 Å². The Hall–Kier alpha value is -2.30. The third-order valence-electron chi connectivity index (χ3n) is 2.36. The largest absolute Gasteiger partial charge is 0.399 e. The summed E-state index contributed by atoms with van der Waals surface area (Å²) in [6, 6.07) is 7.20. The minimum Gasteiger partial charge on any atom is -0.399 e. The maximum Gasteiger partial charge on any atom is 0.246 e. The lowest BCUT2D eigenvalue weighted by Gasteiger charge is -2.13. The maximum absolute atomic E-state index is 11.7. The van der Waals surface area contributed by atoms with Crippen molar-refractivity contribution >= 4 is 23.6 Å². The van der Waals surface area contributed by atoms with Crippen LogP contribution in [0.15, 0.2) is 30.3 Å². The first-order valence-corrected chi connectivity index (χ1v) is 5.52. The predicted molar refractivity (Wildman–Crippen MR) is 71.6 cm³/mol. The highest BCUT2D eigenvalue weighted by atomic mass is 16.2. The third kappa shape index (κ3) is 4.29. The highest BCUT2D eigenvalue weighted by Gasteiger charge is 2.08. The van der Waals surface area contributed by atoms with Crippen molar-refractivity contribution in [2.45, 2.75) is 0 Å². The van der Waals surface area contributed by atoms with Crippen LogP contribution in [-0.4, -0.2) is 37.4 Å². The van der Waals surface area contributed by atoms with Crippen molar-refractivity contribution < 1.29 is 9.59 Å². The molecule has 5 heteroatoms. The van der Waals surface area contributed by atoms with E-state index in [1.807, 2.05) is 12.1 Å². The second kappa shape index (κ2) is 6.44. The Labute approximate surface area is 106 Å². The number of hydrogen-bond acceptors (Lipinski definition) is 3. The lowest BCUT2D eigenvalue weighted by atomic mass is 10.2. The number of carbonyl (C=O) groups excluding carboxylic acids is 2. The molecule has 0 aliphatic rings. The summed E-state index contributed by atoms with van der Waals surface area (Å²) in [7, 11) is 3.10. The van der Waals surface area contributed by atoms with Gasteiger partial charge in [0.2, 0.25) is 11.8 Å². The van der Waals surface area contributed by atoms with Gasteiger partial charge in [-0.1, -0.05) is 12.1 Å². The zero-order valence-corrected chi connectivity index (χ0v) is 10.5. The quantitative estimate of drug-likeness (QED) is 0.600. The summed E-state index contributed by atoms with van der Waals surface area (Å²) in [5.41, 5.74) is 7.11. The molecule has 96 valence electrons. The van der Waals surface area contributed by atoms with E-state index in [2.05, 4.69) is 5.32 Å². The predicted octanol–water partition coefficient (Wildman–Crippen LogP) is 0.486. The first-order chi connectivity index (χ1) is 8.52. The molecule has 0 aromatic heterocycles. The van der Waals surface area contributed by atoms with E-state index in [9.17, 15) is 9.59 Å². The van der Waals surface area contributed by atoms with E-state index in [0.717, 1.165) is 5.56 Å². The highest BCUT2D eigenvalue weighted by molar-refractivity contribution is 5.94. The summed E-state index contributed by atoms with van der Waals surface area (Å²) >= 11 is 0. The van der Waals surface area contributed by atoms with Crippen molar-refractivity contribution in [3.8, 4) is 0 Å². The molecule has 1 rings (SSSR count). The smallest absolute Gasteiger partial charge is 0.246 e. The second-order valence-corrected chi connectivity index (χ2v) is 3.87. The highest BCUT2D eigenvalue weighted by Crippen LogP contribution is 2.08. The van der Waals surface area contributed by atoms with Crippen LogP contribution in [0.4, 0.5) is 5.69 Å². The van der Waals surface area contributed by atoms with Crippen LogP contribution in [-0.2, 0) is 9.59 Å². The van der Waals surface area contributed by atoms with Gasteiger partial charge in [-0.25, -0.2) is 0 Å². The van der Waals surface area contributed by atoms with Crippen LogP contribution in [0.5, 0.6) is 0 Å². The summed E-state index contributed by atoms with van der Waals surface area (Å²) in [6.07, 6.45) is 3.08. The first kappa shape index (κ1) is 13.8. The van der Waals surface area contributed by atoms with Crippen molar-refractivity contribution in [2.75, 3.05) is 26.4 Å². The van der Waals surface area contributed by atoms with E-state index < -0.39 is 0 Å². The van der Waals surface area contributed by atoms with E-state index in [1.165, 1.54) is 18.0 Å². The zero-order valence-electron chi connectivity index (χ0n) is 10.5. The van der Waals surface area contributed by atoms with E-state index in [1.54, 1.807) is 25.3 Å². The molecule has 0 radical (unpaired) electrons. The summed E-state index contributed by atoms with van der Waals surface area (Å²) in [4.78, 5) is 24.1. The fraction of sp³-hybridized carbons (Fsp3) is 0.231. The number of anilines is 1. The number of likely N-dealkylation sites (N-methyl/N-ethyl adjacent to an activating group) is 2. The van der Waals surface area contributed by atoms with E-state index >= 15 is 0 Å². The van der Waals surface area contributed by atoms with Crippen LogP contribution in [0, 0.1) is 0 Å². The Kier molecular flexibility index (Phi) is 4.92. The van der Waals surface area contributed by atoms with Gasteiger partial charge >= 0.3 is 0 Å². The molecule has 1 aromatic rings. The lowest BCUT2D eigenvalue weighted by Crippen LogP contribution is -2.35. The van der Waals surface area contributed by atoms with E-state index in [-0.39, 0.29) is 18.4 Å². The number of nitrogen functional groups attached to an aromatic ring is 1. The van der Waals surface area contributed by atoms with Gasteiger partial charge in [0, 0.05) is 25.9 Å². The number of hydrogen-bond donors (Lipinski definition) is 2. The topological polar surface area (TPSA) is 75.4 Å². The normalized spacial score (nSPS) is 10.3. The molecule has 0 aliphatic heterocycles. The minimum absolute atomic E-state index is 0.0383. The molecule has 1 aromatic carbocycles. The molecular formula is C13H17N3O2. The molecule has 0 saturated carbocycles. The summed E-state index contributed by atoms with van der Waals surface area (Å²) in [5, 5.41) is 2.46. The Morgan fingerprint density at radius 2 is 2.17 bits per heavy atom. The summed E-state index contributed by atoms with van der Waals surface area (Å²) in [6.45, 7) is 0.0383. The van der Waals surface area contributed by atoms with Crippen molar-refractivity contribution in [3.05, 3.63) is 35.9 Å². The van der Waals surface area contributed by atoms with Gasteiger partial charge in [-0.2, -0.15) is 0 Å². The third-order valence-corrected chi connectivity index (χ3v) is 2.36. The summed E-state index contributed by atoms with van der Waals surface area (Å²) < 4.78 is 0. The molecule has 18 heavy (non-hydrogen) atoms. The van der Waals surface area contributed by atoms with Crippen molar-refractivity contribution in [2.24, 2.45) is 0 Å². The van der Waals surface area contributed by atoms with Crippen LogP contribution < -0.4 is 11.1 Å². The monoisotopic (exact) mass is 247 g/mol.